The molecule has 0 saturated carbocycles. The zero-order valence-electron chi connectivity index (χ0n) is 16.2. The number of aliphatic hydroxyl groups is 7. The predicted molar refractivity (Wildman–Crippen MR) is 89.4 cm³/mol. The van der Waals surface area contributed by atoms with E-state index in [1.54, 1.807) is 0 Å². The maximum Gasteiger partial charge on any atom is 2.00 e. The summed E-state index contributed by atoms with van der Waals surface area (Å²) >= 11 is 0. The number of aliphatic hydroxyl groups excluding tert-OH is 7. The summed E-state index contributed by atoms with van der Waals surface area (Å²) in [6.07, 6.45) is -15.7. The second kappa shape index (κ2) is 15.6. The van der Waals surface area contributed by atoms with Gasteiger partial charge in [-0.15, -0.1) is 0 Å². The van der Waals surface area contributed by atoms with Crippen molar-refractivity contribution in [2.45, 2.75) is 67.5 Å². The summed E-state index contributed by atoms with van der Waals surface area (Å²) < 4.78 is 21.5. The molecule has 2 saturated heterocycles. The van der Waals surface area contributed by atoms with Crippen molar-refractivity contribution >= 4 is 0 Å². The standard InChI is InChI=1S/C15H30N2O11.2ClH.Pd/c16-1-5(2-17)25-14-12(24)10(22)13(7(4-19)27-14)28-15-11(23)9(21)8(20)6(3-18)26-15;;;/h5-15,18-24H,1-4,16-17H2;2*1H;/q;;;+2/p-2/t6-,7-,8-,9+,10-,11-,12-,13-,14-,15-;;;/m1.../s1. The van der Waals surface area contributed by atoms with Gasteiger partial charge in [-0.1, -0.05) is 0 Å². The van der Waals surface area contributed by atoms with Crippen molar-refractivity contribution in [3.63, 3.8) is 0 Å². The van der Waals surface area contributed by atoms with Gasteiger partial charge in [0, 0.05) is 13.1 Å². The van der Waals surface area contributed by atoms with E-state index < -0.39 is 80.7 Å². The van der Waals surface area contributed by atoms with Crippen molar-refractivity contribution in [3.8, 4) is 0 Å². The summed E-state index contributed by atoms with van der Waals surface area (Å²) in [4.78, 5) is 0. The van der Waals surface area contributed by atoms with Gasteiger partial charge in [0.2, 0.25) is 0 Å². The van der Waals surface area contributed by atoms with Crippen LogP contribution in [0.15, 0.2) is 0 Å². The zero-order valence-corrected chi connectivity index (χ0v) is 19.2. The average molecular weight is 592 g/mol. The second-order valence-corrected chi connectivity index (χ2v) is 6.73. The van der Waals surface area contributed by atoms with Gasteiger partial charge in [0.05, 0.1) is 19.3 Å². The van der Waals surface area contributed by atoms with E-state index in [2.05, 4.69) is 0 Å². The molecule has 0 amide bonds. The fraction of sp³-hybridized carbons (Fsp3) is 1.00. The molecule has 0 radical (unpaired) electrons. The Morgan fingerprint density at radius 1 is 0.710 bits per heavy atom. The molecule has 13 nitrogen and oxygen atoms in total. The van der Waals surface area contributed by atoms with Crippen molar-refractivity contribution in [2.75, 3.05) is 26.3 Å². The van der Waals surface area contributed by atoms with Crippen LogP contribution in [-0.4, -0.2) is 130 Å². The molecule has 2 fully saturated rings. The smallest absolute Gasteiger partial charge is 1.00 e. The molecule has 11 N–H and O–H groups in total. The number of nitrogens with two attached hydrogens (primary N) is 2. The Kier molecular flexibility index (Phi) is 17.0. The van der Waals surface area contributed by atoms with Crippen LogP contribution in [0.4, 0.5) is 0 Å². The molecule has 0 aromatic carbocycles. The SMILES string of the molecule is NCC(CN)O[C@@H]1O[C@H](CO)[C@@H](O[C@H]2O[C@H](CO)[C@@H](O)[C@H](O)[C@H]2O)[C@H](O)[C@H]1O.[Cl-].[Cl-].[Pd+2]. The van der Waals surface area contributed by atoms with Gasteiger partial charge in [-0.2, -0.15) is 0 Å². The minimum Gasteiger partial charge on any atom is -1.00 e. The van der Waals surface area contributed by atoms with E-state index in [0.29, 0.717) is 0 Å². The van der Waals surface area contributed by atoms with Gasteiger partial charge in [0.1, 0.15) is 48.8 Å². The Bertz CT molecular complexity index is 484. The molecule has 0 aliphatic carbocycles. The van der Waals surface area contributed by atoms with Crippen LogP contribution < -0.4 is 36.3 Å². The van der Waals surface area contributed by atoms with E-state index in [-0.39, 0.29) is 58.3 Å². The molecule has 0 spiro atoms. The van der Waals surface area contributed by atoms with Crippen molar-refractivity contribution in [2.24, 2.45) is 11.5 Å². The van der Waals surface area contributed by atoms with Gasteiger partial charge < -0.3 is 91.0 Å². The third kappa shape index (κ3) is 7.88. The number of halogens is 2. The molecule has 31 heavy (non-hydrogen) atoms. The summed E-state index contributed by atoms with van der Waals surface area (Å²) in [6.45, 7) is -1.25. The molecule has 0 bridgehead atoms. The van der Waals surface area contributed by atoms with E-state index in [1.807, 2.05) is 0 Å². The van der Waals surface area contributed by atoms with Crippen LogP contribution in [-0.2, 0) is 39.4 Å². The largest absolute Gasteiger partial charge is 2.00 e. The summed E-state index contributed by atoms with van der Waals surface area (Å²) in [6, 6.07) is 0. The molecular formula is C15H30Cl2N2O11Pd. The van der Waals surface area contributed by atoms with Crippen molar-refractivity contribution in [1.29, 1.82) is 0 Å². The van der Waals surface area contributed by atoms with Crippen molar-refractivity contribution < 1.29 is 99.9 Å². The van der Waals surface area contributed by atoms with Gasteiger partial charge in [-0.3, -0.25) is 0 Å². The van der Waals surface area contributed by atoms with Gasteiger partial charge >= 0.3 is 20.4 Å². The summed E-state index contributed by atoms with van der Waals surface area (Å²) in [5.74, 6) is 0. The molecule has 16 heteroatoms. The number of hydrogen-bond acceptors (Lipinski definition) is 13. The van der Waals surface area contributed by atoms with E-state index in [4.69, 9.17) is 30.4 Å². The summed E-state index contributed by atoms with van der Waals surface area (Å²) in [7, 11) is 0. The topological polar surface area (TPSA) is 231 Å². The minimum absolute atomic E-state index is 0. The van der Waals surface area contributed by atoms with Gasteiger partial charge in [0.15, 0.2) is 12.6 Å². The van der Waals surface area contributed by atoms with Crippen LogP contribution in [0.1, 0.15) is 0 Å². The summed E-state index contributed by atoms with van der Waals surface area (Å²) in [5, 5.41) is 69.2. The van der Waals surface area contributed by atoms with Crippen LogP contribution >= 0.6 is 0 Å². The van der Waals surface area contributed by atoms with Crippen LogP contribution in [0, 0.1) is 0 Å². The molecular weight excluding hydrogens is 561 g/mol. The molecule has 190 valence electrons. The Morgan fingerprint density at radius 3 is 1.68 bits per heavy atom. The van der Waals surface area contributed by atoms with E-state index in [0.717, 1.165) is 0 Å². The van der Waals surface area contributed by atoms with Crippen molar-refractivity contribution in [1.82, 2.24) is 0 Å². The first-order valence-corrected chi connectivity index (χ1v) is 8.93. The van der Waals surface area contributed by atoms with Gasteiger partial charge in [-0.25, -0.2) is 0 Å². The summed E-state index contributed by atoms with van der Waals surface area (Å²) in [5.41, 5.74) is 11.0. The molecule has 10 atom stereocenters. The fourth-order valence-corrected chi connectivity index (χ4v) is 3.06. The zero-order chi connectivity index (χ0) is 21.0. The quantitative estimate of drug-likeness (QED) is 0.120. The maximum atomic E-state index is 10.4. The number of ether oxygens (including phenoxy) is 4. The van der Waals surface area contributed by atoms with Crippen LogP contribution in [0.5, 0.6) is 0 Å². The Labute approximate surface area is 205 Å². The molecule has 2 heterocycles. The van der Waals surface area contributed by atoms with Crippen LogP contribution in [0.25, 0.3) is 0 Å². The third-order valence-electron chi connectivity index (χ3n) is 4.81. The first-order valence-electron chi connectivity index (χ1n) is 8.93. The van der Waals surface area contributed by atoms with Gasteiger partial charge in [0.25, 0.3) is 0 Å². The maximum absolute atomic E-state index is 10.4. The van der Waals surface area contributed by atoms with Crippen molar-refractivity contribution in [3.05, 3.63) is 0 Å². The van der Waals surface area contributed by atoms with Crippen LogP contribution in [0.3, 0.4) is 0 Å². The first-order chi connectivity index (χ1) is 13.3. The van der Waals surface area contributed by atoms with E-state index in [9.17, 15) is 35.7 Å². The molecule has 0 aromatic heterocycles. The molecule has 2 rings (SSSR count). The Hall–Kier alpha value is 0.722. The number of rotatable bonds is 8. The normalized spacial score (nSPS) is 40.5. The molecule has 0 aromatic rings. The predicted octanol–water partition coefficient (Wildman–Crippen LogP) is -12.1. The van der Waals surface area contributed by atoms with Crippen LogP contribution in [0.2, 0.25) is 0 Å². The van der Waals surface area contributed by atoms with Gasteiger partial charge in [-0.05, 0) is 0 Å². The monoisotopic (exact) mass is 590 g/mol. The second-order valence-electron chi connectivity index (χ2n) is 6.73. The minimum atomic E-state index is -1.73. The molecule has 2 aliphatic heterocycles. The van der Waals surface area contributed by atoms with E-state index >= 15 is 0 Å². The fourth-order valence-electron chi connectivity index (χ4n) is 3.06. The number of hydrogen-bond donors (Lipinski definition) is 9. The molecule has 0 unspecified atom stereocenters. The Morgan fingerprint density at radius 2 is 1.19 bits per heavy atom. The van der Waals surface area contributed by atoms with E-state index in [1.165, 1.54) is 0 Å². The average Bonchev–Trinajstić information content (AvgIpc) is 2.70. The first kappa shape index (κ1) is 33.9. The Balaban J connectivity index is 0. The third-order valence-corrected chi connectivity index (χ3v) is 4.81. The molecule has 2 aliphatic rings.